The average Bonchev–Trinajstić information content (AvgIpc) is 2.75. The van der Waals surface area contributed by atoms with Crippen LogP contribution < -0.4 is 38.9 Å². The fraction of sp³-hybridized carbons (Fsp3) is 0.700. The van der Waals surface area contributed by atoms with E-state index in [1.165, 1.54) is 0 Å². The first kappa shape index (κ1) is 31.9. The van der Waals surface area contributed by atoms with E-state index in [0.29, 0.717) is 6.42 Å². The van der Waals surface area contributed by atoms with Crippen LogP contribution in [0.1, 0.15) is 46.0 Å². The molecule has 15 heteroatoms. The molecule has 0 spiro atoms. The third-order valence-corrected chi connectivity index (χ3v) is 5.12. The van der Waals surface area contributed by atoms with E-state index in [9.17, 15) is 29.1 Å². The first-order chi connectivity index (χ1) is 16.3. The number of hydrogen-bond acceptors (Lipinski definition) is 8. The van der Waals surface area contributed by atoms with Crippen LogP contribution >= 0.6 is 12.6 Å². The van der Waals surface area contributed by atoms with E-state index in [4.69, 9.17) is 22.9 Å². The maximum absolute atomic E-state index is 12.8. The zero-order valence-electron chi connectivity index (χ0n) is 20.0. The number of amides is 4. The summed E-state index contributed by atoms with van der Waals surface area (Å²) in [4.78, 5) is 64.2. The SMILES string of the molecule is CC(C)CC(N)C(=O)NC(CS)C(=O)NC(CCCN=C(N)N)C(=O)NC(CCC(N)=O)C(=O)O. The van der Waals surface area contributed by atoms with E-state index in [1.54, 1.807) is 0 Å². The summed E-state index contributed by atoms with van der Waals surface area (Å²) in [5.41, 5.74) is 21.5. The zero-order valence-corrected chi connectivity index (χ0v) is 20.9. The molecule has 0 aliphatic rings. The van der Waals surface area contributed by atoms with Gasteiger partial charge in [-0.25, -0.2) is 4.79 Å². The van der Waals surface area contributed by atoms with Gasteiger partial charge in [-0.05, 0) is 31.6 Å². The Morgan fingerprint density at radius 3 is 1.91 bits per heavy atom. The minimum Gasteiger partial charge on any atom is -0.480 e. The molecule has 0 saturated heterocycles. The van der Waals surface area contributed by atoms with Crippen LogP contribution in [0.4, 0.5) is 0 Å². The molecule has 4 atom stereocenters. The van der Waals surface area contributed by atoms with E-state index in [0.717, 1.165) is 0 Å². The molecule has 200 valence electrons. The van der Waals surface area contributed by atoms with E-state index in [1.807, 2.05) is 13.8 Å². The molecule has 0 aliphatic heterocycles. The Morgan fingerprint density at radius 2 is 1.43 bits per heavy atom. The molecule has 12 N–H and O–H groups in total. The third kappa shape index (κ3) is 14.0. The molecule has 0 heterocycles. The van der Waals surface area contributed by atoms with Crippen molar-refractivity contribution < 1.29 is 29.1 Å². The maximum atomic E-state index is 12.8. The number of aliphatic carboxylic acids is 1. The van der Waals surface area contributed by atoms with E-state index in [-0.39, 0.29) is 49.9 Å². The zero-order chi connectivity index (χ0) is 27.1. The monoisotopic (exact) mass is 518 g/mol. The van der Waals surface area contributed by atoms with Crippen LogP contribution in [0.2, 0.25) is 0 Å². The largest absolute Gasteiger partial charge is 0.480 e. The molecular formula is C20H38N8O6S. The molecule has 14 nitrogen and oxygen atoms in total. The standard InChI is InChI=1S/C20H38N8O6S/c1-10(2)8-11(21)16(30)28-14(9-35)18(32)26-12(4-3-7-25-20(23)24)17(31)27-13(19(33)34)5-6-15(22)29/h10-14,35H,3-9,21H2,1-2H3,(H2,22,29)(H,26,32)(H,27,31)(H,28,30)(H,33,34)(H4,23,24,25). The number of carbonyl (C=O) groups is 5. The second kappa shape index (κ2) is 16.5. The molecule has 0 bridgehead atoms. The van der Waals surface area contributed by atoms with Crippen molar-refractivity contribution in [1.29, 1.82) is 0 Å². The smallest absolute Gasteiger partial charge is 0.326 e. The van der Waals surface area contributed by atoms with Gasteiger partial charge in [-0.15, -0.1) is 0 Å². The Hall–Kier alpha value is -3.07. The van der Waals surface area contributed by atoms with Crippen LogP contribution in [0.25, 0.3) is 0 Å². The molecule has 0 radical (unpaired) electrons. The van der Waals surface area contributed by atoms with Gasteiger partial charge in [0.1, 0.15) is 18.1 Å². The van der Waals surface area contributed by atoms with Gasteiger partial charge in [0, 0.05) is 18.7 Å². The van der Waals surface area contributed by atoms with Gasteiger partial charge < -0.3 is 44.0 Å². The van der Waals surface area contributed by atoms with Crippen LogP contribution in [-0.2, 0) is 24.0 Å². The molecule has 35 heavy (non-hydrogen) atoms. The van der Waals surface area contributed by atoms with Crippen LogP contribution in [-0.4, -0.2) is 77.1 Å². The number of hydrogen-bond donors (Lipinski definition) is 9. The highest BCUT2D eigenvalue weighted by molar-refractivity contribution is 7.80. The molecule has 0 aliphatic carbocycles. The number of carboxylic acids is 1. The number of carboxylic acid groups (broad SMARTS) is 1. The molecule has 0 saturated carbocycles. The van der Waals surface area contributed by atoms with Crippen molar-refractivity contribution >= 4 is 48.2 Å². The summed E-state index contributed by atoms with van der Waals surface area (Å²) in [5, 5.41) is 16.6. The van der Waals surface area contributed by atoms with Crippen LogP contribution in [0, 0.1) is 5.92 Å². The predicted octanol–water partition coefficient (Wildman–Crippen LogP) is -2.85. The van der Waals surface area contributed by atoms with Gasteiger partial charge in [0.15, 0.2) is 5.96 Å². The number of nitrogens with zero attached hydrogens (tertiary/aromatic N) is 1. The van der Waals surface area contributed by atoms with Crippen molar-refractivity contribution in [1.82, 2.24) is 16.0 Å². The van der Waals surface area contributed by atoms with Gasteiger partial charge in [-0.2, -0.15) is 12.6 Å². The number of nitrogens with one attached hydrogen (secondary N) is 3. The highest BCUT2D eigenvalue weighted by Crippen LogP contribution is 2.06. The summed E-state index contributed by atoms with van der Waals surface area (Å²) in [7, 11) is 0. The minimum absolute atomic E-state index is 0.0522. The third-order valence-electron chi connectivity index (χ3n) is 4.75. The molecular weight excluding hydrogens is 480 g/mol. The highest BCUT2D eigenvalue weighted by atomic mass is 32.1. The number of carbonyl (C=O) groups excluding carboxylic acids is 4. The molecule has 0 rings (SSSR count). The number of guanidine groups is 1. The summed E-state index contributed by atoms with van der Waals surface area (Å²) in [6, 6.07) is -4.51. The lowest BCUT2D eigenvalue weighted by molar-refractivity contribution is -0.142. The van der Waals surface area contributed by atoms with Gasteiger partial charge in [0.05, 0.1) is 6.04 Å². The number of primary amides is 1. The maximum Gasteiger partial charge on any atom is 0.326 e. The normalized spacial score (nSPS) is 14.2. The van der Waals surface area contributed by atoms with Crippen molar-refractivity contribution in [2.75, 3.05) is 12.3 Å². The van der Waals surface area contributed by atoms with Crippen molar-refractivity contribution in [3.8, 4) is 0 Å². The molecule has 0 aromatic carbocycles. The van der Waals surface area contributed by atoms with Crippen molar-refractivity contribution in [3.63, 3.8) is 0 Å². The Balaban J connectivity index is 5.42. The topological polar surface area (TPSA) is 258 Å². The Kier molecular flexibility index (Phi) is 15.1. The van der Waals surface area contributed by atoms with Gasteiger partial charge in [-0.3, -0.25) is 24.2 Å². The van der Waals surface area contributed by atoms with Gasteiger partial charge >= 0.3 is 5.97 Å². The first-order valence-corrected chi connectivity index (χ1v) is 11.8. The van der Waals surface area contributed by atoms with E-state index >= 15 is 0 Å². The van der Waals surface area contributed by atoms with E-state index < -0.39 is 53.8 Å². The summed E-state index contributed by atoms with van der Waals surface area (Å²) in [5.74, 6) is -4.22. The van der Waals surface area contributed by atoms with Crippen molar-refractivity contribution in [2.45, 2.75) is 70.1 Å². The lowest BCUT2D eigenvalue weighted by Gasteiger charge is -2.24. The second-order valence-corrected chi connectivity index (χ2v) is 8.76. The summed E-state index contributed by atoms with van der Waals surface area (Å²) in [6.07, 6.45) is 0.241. The predicted molar refractivity (Wildman–Crippen MR) is 133 cm³/mol. The summed E-state index contributed by atoms with van der Waals surface area (Å²) < 4.78 is 0. The van der Waals surface area contributed by atoms with Crippen LogP contribution in [0.3, 0.4) is 0 Å². The number of thiol groups is 1. The Morgan fingerprint density at radius 1 is 0.886 bits per heavy atom. The Bertz CT molecular complexity index is 775. The molecule has 0 aromatic heterocycles. The van der Waals surface area contributed by atoms with Crippen LogP contribution in [0.5, 0.6) is 0 Å². The van der Waals surface area contributed by atoms with Gasteiger partial charge in [-0.1, -0.05) is 13.8 Å². The Labute approximate surface area is 209 Å². The fourth-order valence-corrected chi connectivity index (χ4v) is 3.21. The fourth-order valence-electron chi connectivity index (χ4n) is 2.95. The quantitative estimate of drug-likeness (QED) is 0.0414. The highest BCUT2D eigenvalue weighted by Gasteiger charge is 2.30. The number of aliphatic imine (C=N–C) groups is 1. The van der Waals surface area contributed by atoms with E-state index in [2.05, 4.69) is 33.6 Å². The summed E-state index contributed by atoms with van der Waals surface area (Å²) in [6.45, 7) is 3.95. The van der Waals surface area contributed by atoms with Crippen LogP contribution in [0.15, 0.2) is 4.99 Å². The first-order valence-electron chi connectivity index (χ1n) is 11.1. The molecule has 4 unspecified atom stereocenters. The average molecular weight is 519 g/mol. The number of nitrogens with two attached hydrogens (primary N) is 4. The second-order valence-electron chi connectivity index (χ2n) is 8.39. The summed E-state index contributed by atoms with van der Waals surface area (Å²) >= 11 is 4.10. The van der Waals surface area contributed by atoms with Crippen molar-refractivity contribution in [2.24, 2.45) is 33.8 Å². The molecule has 0 aromatic rings. The molecule has 4 amide bonds. The minimum atomic E-state index is -1.40. The van der Waals surface area contributed by atoms with Gasteiger partial charge in [0.25, 0.3) is 0 Å². The number of rotatable bonds is 17. The lowest BCUT2D eigenvalue weighted by Crippen LogP contribution is -2.57. The lowest BCUT2D eigenvalue weighted by atomic mass is 10.0. The van der Waals surface area contributed by atoms with Gasteiger partial charge in [0.2, 0.25) is 23.6 Å². The van der Waals surface area contributed by atoms with Crippen molar-refractivity contribution in [3.05, 3.63) is 0 Å². The molecule has 0 fully saturated rings.